The van der Waals surface area contributed by atoms with Gasteiger partial charge in [-0.15, -0.1) is 0 Å². The Bertz CT molecular complexity index is 317. The lowest BCUT2D eigenvalue weighted by atomic mass is 10.1. The van der Waals surface area contributed by atoms with Crippen LogP contribution >= 0.6 is 0 Å². The van der Waals surface area contributed by atoms with Gasteiger partial charge in [0, 0.05) is 19.2 Å². The predicted octanol–water partition coefficient (Wildman–Crippen LogP) is -0.311. The lowest BCUT2D eigenvalue weighted by molar-refractivity contribution is -0.129. The Kier molecular flexibility index (Phi) is 5.11. The summed E-state index contributed by atoms with van der Waals surface area (Å²) in [4.78, 5) is 16.1. The Labute approximate surface area is 101 Å². The molecule has 1 fully saturated rings. The van der Waals surface area contributed by atoms with Crippen LogP contribution in [0.2, 0.25) is 0 Å². The zero-order valence-electron chi connectivity index (χ0n) is 10.1. The zero-order valence-corrected chi connectivity index (χ0v) is 10.1. The quantitative estimate of drug-likeness (QED) is 0.392. The summed E-state index contributed by atoms with van der Waals surface area (Å²) in [7, 11) is 1.57. The van der Waals surface area contributed by atoms with Crippen molar-refractivity contribution >= 4 is 12.2 Å². The Morgan fingerprint density at radius 1 is 1.71 bits per heavy atom. The van der Waals surface area contributed by atoms with Crippen LogP contribution in [-0.4, -0.2) is 48.2 Å². The van der Waals surface area contributed by atoms with Crippen LogP contribution in [0.4, 0.5) is 0 Å². The van der Waals surface area contributed by atoms with Crippen molar-refractivity contribution in [2.75, 3.05) is 13.7 Å². The minimum Gasteiger partial charge on any atom is -0.394 e. The van der Waals surface area contributed by atoms with Gasteiger partial charge < -0.3 is 15.6 Å². The summed E-state index contributed by atoms with van der Waals surface area (Å²) < 4.78 is 5.55. The van der Waals surface area contributed by atoms with Gasteiger partial charge in [0.05, 0.1) is 12.7 Å². The SMILES string of the molecule is CN=C(N)/C=C\N(C=O)C1OC(CO)CC1C. The summed E-state index contributed by atoms with van der Waals surface area (Å²) in [5.41, 5.74) is 5.50. The van der Waals surface area contributed by atoms with Crippen molar-refractivity contribution in [2.45, 2.75) is 25.7 Å². The molecule has 0 bridgehead atoms. The van der Waals surface area contributed by atoms with E-state index in [-0.39, 0.29) is 24.9 Å². The summed E-state index contributed by atoms with van der Waals surface area (Å²) in [6.45, 7) is 1.94. The Hall–Kier alpha value is -1.40. The van der Waals surface area contributed by atoms with Gasteiger partial charge in [0.2, 0.25) is 6.41 Å². The van der Waals surface area contributed by atoms with E-state index in [1.54, 1.807) is 7.05 Å². The van der Waals surface area contributed by atoms with E-state index >= 15 is 0 Å². The van der Waals surface area contributed by atoms with Gasteiger partial charge in [-0.3, -0.25) is 14.7 Å². The fraction of sp³-hybridized carbons (Fsp3) is 0.636. The van der Waals surface area contributed by atoms with Gasteiger partial charge in [-0.1, -0.05) is 6.92 Å². The van der Waals surface area contributed by atoms with Crippen LogP contribution in [0.3, 0.4) is 0 Å². The largest absolute Gasteiger partial charge is 0.394 e. The van der Waals surface area contributed by atoms with Crippen molar-refractivity contribution in [3.8, 4) is 0 Å². The first-order valence-corrected chi connectivity index (χ1v) is 5.51. The number of ether oxygens (including phenoxy) is 1. The molecule has 3 N–H and O–H groups in total. The molecule has 1 saturated heterocycles. The van der Waals surface area contributed by atoms with Crippen molar-refractivity contribution < 1.29 is 14.6 Å². The second kappa shape index (κ2) is 6.36. The number of carbonyl (C=O) groups excluding carboxylic acids is 1. The maximum absolute atomic E-state index is 11.0. The summed E-state index contributed by atoms with van der Waals surface area (Å²) in [5, 5.41) is 9.02. The number of nitrogens with two attached hydrogens (primary N) is 1. The molecule has 0 radical (unpaired) electrons. The third-order valence-electron chi connectivity index (χ3n) is 2.75. The maximum Gasteiger partial charge on any atom is 0.215 e. The predicted molar refractivity (Wildman–Crippen MR) is 64.1 cm³/mol. The molecule has 0 spiro atoms. The maximum atomic E-state index is 11.0. The molecule has 1 rings (SSSR count). The van der Waals surface area contributed by atoms with E-state index in [1.807, 2.05) is 6.92 Å². The molecule has 1 aliphatic rings. The monoisotopic (exact) mass is 241 g/mol. The van der Waals surface area contributed by atoms with Crippen LogP contribution in [0.5, 0.6) is 0 Å². The van der Waals surface area contributed by atoms with E-state index in [0.29, 0.717) is 12.2 Å². The van der Waals surface area contributed by atoms with Crippen molar-refractivity contribution in [1.29, 1.82) is 0 Å². The van der Waals surface area contributed by atoms with Crippen LogP contribution in [-0.2, 0) is 9.53 Å². The van der Waals surface area contributed by atoms with E-state index in [0.717, 1.165) is 6.42 Å². The standard InChI is InChI=1S/C11H19N3O3/c1-8-5-9(6-15)17-11(8)14(7-16)4-3-10(12)13-2/h3-4,7-9,11,15H,5-6H2,1-2H3,(H2,12,13)/b4-3-. The van der Waals surface area contributed by atoms with Gasteiger partial charge in [-0.05, 0) is 12.5 Å². The Balaban J connectivity index is 2.68. The van der Waals surface area contributed by atoms with Crippen molar-refractivity contribution in [3.05, 3.63) is 12.3 Å². The lowest BCUT2D eigenvalue weighted by Crippen LogP contribution is -2.34. The van der Waals surface area contributed by atoms with Gasteiger partial charge in [0.15, 0.2) is 0 Å². The molecule has 1 aliphatic heterocycles. The van der Waals surface area contributed by atoms with Crippen molar-refractivity contribution in [3.63, 3.8) is 0 Å². The molecule has 0 aromatic carbocycles. The molecule has 17 heavy (non-hydrogen) atoms. The number of hydrogen-bond acceptors (Lipinski definition) is 4. The van der Waals surface area contributed by atoms with Crippen LogP contribution in [0.15, 0.2) is 17.3 Å². The number of amides is 1. The van der Waals surface area contributed by atoms with E-state index in [4.69, 9.17) is 15.6 Å². The van der Waals surface area contributed by atoms with Gasteiger partial charge in [-0.2, -0.15) is 0 Å². The molecular formula is C11H19N3O3. The van der Waals surface area contributed by atoms with E-state index in [1.165, 1.54) is 17.2 Å². The number of aliphatic hydroxyl groups is 1. The van der Waals surface area contributed by atoms with Crippen LogP contribution in [0.25, 0.3) is 0 Å². The first kappa shape index (κ1) is 13.7. The second-order valence-electron chi connectivity index (χ2n) is 4.06. The Morgan fingerprint density at radius 2 is 2.41 bits per heavy atom. The highest BCUT2D eigenvalue weighted by molar-refractivity contribution is 5.91. The number of hydrogen-bond donors (Lipinski definition) is 2. The molecular weight excluding hydrogens is 222 g/mol. The van der Waals surface area contributed by atoms with Crippen LogP contribution < -0.4 is 5.73 Å². The van der Waals surface area contributed by atoms with E-state index in [2.05, 4.69) is 4.99 Å². The van der Waals surface area contributed by atoms with Crippen molar-refractivity contribution in [1.82, 2.24) is 4.90 Å². The normalized spacial score (nSPS) is 29.8. The summed E-state index contributed by atoms with van der Waals surface area (Å²) in [5.74, 6) is 0.503. The number of amidine groups is 1. The lowest BCUT2D eigenvalue weighted by Gasteiger charge is -2.24. The molecule has 0 aromatic heterocycles. The van der Waals surface area contributed by atoms with Gasteiger partial charge in [0.25, 0.3) is 0 Å². The summed E-state index contributed by atoms with van der Waals surface area (Å²) in [6, 6.07) is 0. The van der Waals surface area contributed by atoms with Crippen molar-refractivity contribution in [2.24, 2.45) is 16.6 Å². The summed E-state index contributed by atoms with van der Waals surface area (Å²) in [6.07, 6.45) is 3.93. The topological polar surface area (TPSA) is 88.2 Å². The fourth-order valence-electron chi connectivity index (χ4n) is 1.82. The number of carbonyl (C=O) groups is 1. The molecule has 96 valence electrons. The number of rotatable bonds is 5. The number of nitrogens with zero attached hydrogens (tertiary/aromatic N) is 2. The number of aliphatic imine (C=N–C) groups is 1. The third kappa shape index (κ3) is 3.54. The minimum absolute atomic E-state index is 0.0319. The highest BCUT2D eigenvalue weighted by Crippen LogP contribution is 2.27. The molecule has 1 heterocycles. The molecule has 6 nitrogen and oxygen atoms in total. The summed E-state index contributed by atoms with van der Waals surface area (Å²) >= 11 is 0. The van der Waals surface area contributed by atoms with Gasteiger partial charge >= 0.3 is 0 Å². The molecule has 0 saturated carbocycles. The molecule has 3 unspecified atom stereocenters. The minimum atomic E-state index is -0.356. The van der Waals surface area contributed by atoms with Crippen LogP contribution in [0, 0.1) is 5.92 Å². The number of aliphatic hydroxyl groups excluding tert-OH is 1. The molecule has 6 heteroatoms. The molecule has 1 amide bonds. The fourth-order valence-corrected chi connectivity index (χ4v) is 1.82. The Morgan fingerprint density at radius 3 is 2.88 bits per heavy atom. The second-order valence-corrected chi connectivity index (χ2v) is 4.06. The average Bonchev–Trinajstić information content (AvgIpc) is 2.71. The third-order valence-corrected chi connectivity index (χ3v) is 2.75. The van der Waals surface area contributed by atoms with E-state index in [9.17, 15) is 4.79 Å². The zero-order chi connectivity index (χ0) is 12.8. The smallest absolute Gasteiger partial charge is 0.215 e. The first-order valence-electron chi connectivity index (χ1n) is 5.51. The molecule has 3 atom stereocenters. The average molecular weight is 241 g/mol. The molecule has 0 aliphatic carbocycles. The van der Waals surface area contributed by atoms with Crippen LogP contribution in [0.1, 0.15) is 13.3 Å². The van der Waals surface area contributed by atoms with Gasteiger partial charge in [-0.25, -0.2) is 0 Å². The molecule has 0 aromatic rings. The van der Waals surface area contributed by atoms with E-state index < -0.39 is 0 Å². The highest BCUT2D eigenvalue weighted by Gasteiger charge is 2.34. The highest BCUT2D eigenvalue weighted by atomic mass is 16.5. The first-order chi connectivity index (χ1) is 8.12. The van der Waals surface area contributed by atoms with Gasteiger partial charge in [0.1, 0.15) is 12.1 Å².